The lowest BCUT2D eigenvalue weighted by molar-refractivity contribution is -0.104. The lowest BCUT2D eigenvalue weighted by Gasteiger charge is -2.07. The van der Waals surface area contributed by atoms with Gasteiger partial charge < -0.3 is 5.32 Å². The van der Waals surface area contributed by atoms with E-state index in [-0.39, 0.29) is 0 Å². The largest absolute Gasteiger partial charge is 0.388 e. The summed E-state index contributed by atoms with van der Waals surface area (Å²) in [6, 6.07) is 0. The zero-order valence-electron chi connectivity index (χ0n) is 10.4. The standard InChI is InChI=1S/C13H25NO/c1-4-5-6-7-8-9-10-14-13(3)12(2)11-15/h11,14H,4-10H2,1-3H3. The van der Waals surface area contributed by atoms with Crippen LogP contribution in [-0.4, -0.2) is 12.8 Å². The van der Waals surface area contributed by atoms with Crippen LogP contribution in [0.4, 0.5) is 0 Å². The van der Waals surface area contributed by atoms with Crippen molar-refractivity contribution in [1.29, 1.82) is 0 Å². The summed E-state index contributed by atoms with van der Waals surface area (Å²) in [7, 11) is 0. The monoisotopic (exact) mass is 211 g/mol. The highest BCUT2D eigenvalue weighted by Gasteiger charge is 1.94. The molecule has 88 valence electrons. The third-order valence-corrected chi connectivity index (χ3v) is 2.69. The molecule has 0 aromatic heterocycles. The topological polar surface area (TPSA) is 29.1 Å². The van der Waals surface area contributed by atoms with E-state index in [1.807, 2.05) is 13.8 Å². The first-order chi connectivity index (χ1) is 7.22. The van der Waals surface area contributed by atoms with Crippen molar-refractivity contribution in [2.24, 2.45) is 0 Å². The van der Waals surface area contributed by atoms with Crippen molar-refractivity contribution in [1.82, 2.24) is 5.32 Å². The second-order valence-corrected chi connectivity index (χ2v) is 4.12. The number of unbranched alkanes of at least 4 members (excludes halogenated alkanes) is 5. The first-order valence-corrected chi connectivity index (χ1v) is 6.09. The summed E-state index contributed by atoms with van der Waals surface area (Å²) >= 11 is 0. The maximum atomic E-state index is 10.5. The average Bonchev–Trinajstić information content (AvgIpc) is 2.26. The van der Waals surface area contributed by atoms with E-state index >= 15 is 0 Å². The van der Waals surface area contributed by atoms with Crippen LogP contribution in [0.5, 0.6) is 0 Å². The molecule has 0 saturated carbocycles. The van der Waals surface area contributed by atoms with Crippen molar-refractivity contribution in [3.8, 4) is 0 Å². The summed E-state index contributed by atoms with van der Waals surface area (Å²) in [6.45, 7) is 7.03. The minimum Gasteiger partial charge on any atom is -0.388 e. The van der Waals surface area contributed by atoms with Crippen LogP contribution in [0.3, 0.4) is 0 Å². The van der Waals surface area contributed by atoms with Crippen LogP contribution >= 0.6 is 0 Å². The van der Waals surface area contributed by atoms with E-state index in [4.69, 9.17) is 0 Å². The molecule has 0 aromatic carbocycles. The number of carbonyl (C=O) groups is 1. The molecule has 0 unspecified atom stereocenters. The Bertz CT molecular complexity index is 197. The highest BCUT2D eigenvalue weighted by molar-refractivity contribution is 5.73. The molecule has 0 aliphatic carbocycles. The van der Waals surface area contributed by atoms with Crippen molar-refractivity contribution >= 4 is 6.29 Å². The minimum absolute atomic E-state index is 0.806. The Labute approximate surface area is 94.1 Å². The van der Waals surface area contributed by atoms with Gasteiger partial charge in [0.05, 0.1) is 0 Å². The molecule has 0 atom stereocenters. The van der Waals surface area contributed by atoms with Gasteiger partial charge in [0.1, 0.15) is 6.29 Å². The van der Waals surface area contributed by atoms with Crippen LogP contribution in [0.2, 0.25) is 0 Å². The van der Waals surface area contributed by atoms with Crippen molar-refractivity contribution in [2.45, 2.75) is 59.3 Å². The summed E-state index contributed by atoms with van der Waals surface area (Å²) in [5, 5.41) is 3.27. The summed E-state index contributed by atoms with van der Waals surface area (Å²) in [5.74, 6) is 0. The molecule has 0 fully saturated rings. The number of allylic oxidation sites excluding steroid dienone is 2. The SMILES string of the molecule is CCCCCCCCNC(C)=C(C)C=O. The number of hydrogen-bond donors (Lipinski definition) is 1. The van der Waals surface area contributed by atoms with Crippen molar-refractivity contribution in [3.63, 3.8) is 0 Å². The van der Waals surface area contributed by atoms with Gasteiger partial charge in [-0.15, -0.1) is 0 Å². The van der Waals surface area contributed by atoms with Crippen molar-refractivity contribution in [3.05, 3.63) is 11.3 Å². The molecule has 2 nitrogen and oxygen atoms in total. The van der Waals surface area contributed by atoms with Gasteiger partial charge in [0.25, 0.3) is 0 Å². The quantitative estimate of drug-likeness (QED) is 0.359. The predicted octanol–water partition coefficient (Wildman–Crippen LogP) is 3.43. The third kappa shape index (κ3) is 8.22. The third-order valence-electron chi connectivity index (χ3n) is 2.69. The molecule has 0 heterocycles. The summed E-state index contributed by atoms with van der Waals surface area (Å²) < 4.78 is 0. The van der Waals surface area contributed by atoms with E-state index in [0.29, 0.717) is 0 Å². The average molecular weight is 211 g/mol. The zero-order valence-corrected chi connectivity index (χ0v) is 10.4. The fourth-order valence-electron chi connectivity index (χ4n) is 1.41. The van der Waals surface area contributed by atoms with E-state index < -0.39 is 0 Å². The number of carbonyl (C=O) groups excluding carboxylic acids is 1. The Morgan fingerprint density at radius 2 is 1.67 bits per heavy atom. The molecule has 0 spiro atoms. The summed E-state index contributed by atoms with van der Waals surface area (Å²) in [5.41, 5.74) is 1.82. The van der Waals surface area contributed by atoms with Crippen LogP contribution in [-0.2, 0) is 4.79 Å². The van der Waals surface area contributed by atoms with Gasteiger partial charge in [-0.3, -0.25) is 4.79 Å². The molecule has 0 rings (SSSR count). The van der Waals surface area contributed by atoms with Crippen LogP contribution < -0.4 is 5.32 Å². The van der Waals surface area contributed by atoms with E-state index in [1.54, 1.807) is 0 Å². The molecule has 0 amide bonds. The minimum atomic E-state index is 0.806. The second-order valence-electron chi connectivity index (χ2n) is 4.12. The first kappa shape index (κ1) is 14.2. The molecule has 0 bridgehead atoms. The molecular weight excluding hydrogens is 186 g/mol. The number of aldehydes is 1. The molecule has 0 aliphatic rings. The van der Waals surface area contributed by atoms with E-state index in [9.17, 15) is 4.79 Å². The highest BCUT2D eigenvalue weighted by atomic mass is 16.1. The highest BCUT2D eigenvalue weighted by Crippen LogP contribution is 2.04. The molecule has 0 saturated heterocycles. The van der Waals surface area contributed by atoms with Gasteiger partial charge in [-0.25, -0.2) is 0 Å². The molecule has 2 heteroatoms. The predicted molar refractivity (Wildman–Crippen MR) is 65.8 cm³/mol. The Morgan fingerprint density at radius 1 is 1.07 bits per heavy atom. The van der Waals surface area contributed by atoms with Gasteiger partial charge in [0, 0.05) is 17.8 Å². The molecule has 0 radical (unpaired) electrons. The van der Waals surface area contributed by atoms with Crippen LogP contribution in [0.25, 0.3) is 0 Å². The van der Waals surface area contributed by atoms with Gasteiger partial charge in [-0.1, -0.05) is 39.0 Å². The van der Waals surface area contributed by atoms with Gasteiger partial charge in [-0.2, -0.15) is 0 Å². The molecule has 0 aliphatic heterocycles. The number of hydrogen-bond acceptors (Lipinski definition) is 2. The first-order valence-electron chi connectivity index (χ1n) is 6.09. The Balaban J connectivity index is 3.35. The normalized spacial score (nSPS) is 12.2. The molecule has 1 N–H and O–H groups in total. The number of rotatable bonds is 9. The van der Waals surface area contributed by atoms with E-state index in [2.05, 4.69) is 12.2 Å². The summed E-state index contributed by atoms with van der Waals surface area (Å²) in [4.78, 5) is 10.5. The summed E-state index contributed by atoms with van der Waals surface area (Å²) in [6.07, 6.45) is 8.76. The van der Waals surface area contributed by atoms with Crippen molar-refractivity contribution < 1.29 is 4.79 Å². The van der Waals surface area contributed by atoms with Crippen LogP contribution in [0.15, 0.2) is 11.3 Å². The lowest BCUT2D eigenvalue weighted by atomic mass is 10.1. The van der Waals surface area contributed by atoms with Gasteiger partial charge in [0.2, 0.25) is 0 Å². The van der Waals surface area contributed by atoms with Gasteiger partial charge in [-0.05, 0) is 20.3 Å². The van der Waals surface area contributed by atoms with Gasteiger partial charge in [0.15, 0.2) is 0 Å². The smallest absolute Gasteiger partial charge is 0.147 e. The number of nitrogens with one attached hydrogen (secondary N) is 1. The molecule has 15 heavy (non-hydrogen) atoms. The molecular formula is C13H25NO. The van der Waals surface area contributed by atoms with Crippen LogP contribution in [0, 0.1) is 0 Å². The van der Waals surface area contributed by atoms with Crippen LogP contribution in [0.1, 0.15) is 59.3 Å². The van der Waals surface area contributed by atoms with E-state index in [0.717, 1.165) is 24.1 Å². The lowest BCUT2D eigenvalue weighted by Crippen LogP contribution is -2.14. The van der Waals surface area contributed by atoms with E-state index in [1.165, 1.54) is 38.5 Å². The maximum absolute atomic E-state index is 10.5. The molecule has 0 aromatic rings. The Morgan fingerprint density at radius 3 is 2.27 bits per heavy atom. The zero-order chi connectivity index (χ0) is 11.5. The fraction of sp³-hybridized carbons (Fsp3) is 0.769. The fourth-order valence-corrected chi connectivity index (χ4v) is 1.41. The maximum Gasteiger partial charge on any atom is 0.147 e. The van der Waals surface area contributed by atoms with Crippen molar-refractivity contribution in [2.75, 3.05) is 6.54 Å². The Hall–Kier alpha value is -0.790. The second kappa shape index (κ2) is 9.75. The Kier molecular flexibility index (Phi) is 9.24. The van der Waals surface area contributed by atoms with Gasteiger partial charge >= 0.3 is 0 Å².